The Hall–Kier alpha value is -3.96. The van der Waals surface area contributed by atoms with Crippen molar-refractivity contribution in [1.29, 1.82) is 0 Å². The van der Waals surface area contributed by atoms with Gasteiger partial charge in [-0.05, 0) is 79.4 Å². The van der Waals surface area contributed by atoms with Crippen LogP contribution in [0.1, 0.15) is 86.7 Å². The lowest BCUT2D eigenvalue weighted by Crippen LogP contribution is -2.46. The molecule has 18 heteroatoms. The molecule has 1 aromatic carbocycles. The summed E-state index contributed by atoms with van der Waals surface area (Å²) in [4.78, 5) is 9.02. The number of likely N-dealkylation sites (tertiary alicyclic amines) is 1. The molecule has 3 heterocycles. The number of anilines is 1. The molecule has 0 bridgehead atoms. The maximum atomic E-state index is 14.1. The van der Waals surface area contributed by atoms with E-state index in [1.54, 1.807) is 0 Å². The number of benzene rings is 1. The van der Waals surface area contributed by atoms with Crippen LogP contribution in [0.15, 0.2) is 46.0 Å². The van der Waals surface area contributed by atoms with E-state index in [1.165, 1.54) is 11.9 Å². The van der Waals surface area contributed by atoms with Crippen LogP contribution in [0.25, 0.3) is 0 Å². The van der Waals surface area contributed by atoms with Gasteiger partial charge in [0.05, 0.1) is 23.7 Å². The number of alkyl halides is 9. The van der Waals surface area contributed by atoms with Crippen molar-refractivity contribution in [3.63, 3.8) is 0 Å². The van der Waals surface area contributed by atoms with Crippen molar-refractivity contribution in [3.05, 3.63) is 69.9 Å². The number of piperidine rings is 1. The van der Waals surface area contributed by atoms with Crippen LogP contribution < -0.4 is 4.90 Å². The summed E-state index contributed by atoms with van der Waals surface area (Å²) in [5, 5.41) is 15.8. The zero-order valence-electron chi connectivity index (χ0n) is 27.7. The summed E-state index contributed by atoms with van der Waals surface area (Å²) in [6.45, 7) is 6.15. The Bertz CT molecular complexity index is 1650. The Morgan fingerprint density at radius 2 is 1.56 bits per heavy atom. The van der Waals surface area contributed by atoms with E-state index < -0.39 is 47.7 Å². The smallest absolute Gasteiger partial charge is 0.339 e. The fourth-order valence-electron chi connectivity index (χ4n) is 6.61. The Morgan fingerprint density at radius 1 is 0.920 bits per heavy atom. The van der Waals surface area contributed by atoms with E-state index in [1.807, 2.05) is 20.8 Å². The number of allylic oxidation sites excluding steroid dienone is 3. The Balaban J connectivity index is 1.45. The highest BCUT2D eigenvalue weighted by molar-refractivity contribution is 5.42. The molecule has 1 aliphatic heterocycles. The SMILES string of the molecule is CCC(C1CC=C(C(F)(F)F)C=C1CN(Cc1cc(C(F)(F)F)cc(C(F)(F)F)c1)c1nnn(C)n1)N1CCC(c2nc(C(C)C)no2)CC1. The minimum atomic E-state index is -5.09. The standard InChI is InChI=1S/C32H37F9N8O/c1-5-26(48-10-8-20(9-11-48)28-42-27(18(2)3)45-50-28)25-7-6-22(30(33,34)35)14-21(25)17-49(29-43-46-47(4)44-29)16-19-12-23(31(36,37)38)15-24(13-19)32(39,40)41/h6,12-15,18,20,25-26H,5,7-11,16-17H2,1-4H3. The van der Waals surface area contributed by atoms with Gasteiger partial charge in [-0.2, -0.15) is 49.3 Å². The number of aryl methyl sites for hydroxylation is 1. The topological polar surface area (TPSA) is 89.0 Å². The van der Waals surface area contributed by atoms with Gasteiger partial charge >= 0.3 is 18.5 Å². The molecule has 50 heavy (non-hydrogen) atoms. The number of nitrogens with zero attached hydrogens (tertiary/aromatic N) is 8. The summed E-state index contributed by atoms with van der Waals surface area (Å²) in [6, 6.07) is 0.951. The van der Waals surface area contributed by atoms with Gasteiger partial charge in [-0.1, -0.05) is 37.1 Å². The molecule has 3 aromatic rings. The lowest BCUT2D eigenvalue weighted by Gasteiger charge is -2.42. The van der Waals surface area contributed by atoms with Gasteiger partial charge in [0.1, 0.15) is 0 Å². The van der Waals surface area contributed by atoms with E-state index in [0.29, 0.717) is 61.8 Å². The zero-order chi connectivity index (χ0) is 36.6. The highest BCUT2D eigenvalue weighted by Crippen LogP contribution is 2.41. The molecule has 0 spiro atoms. The van der Waals surface area contributed by atoms with Crippen LogP contribution in [0.3, 0.4) is 0 Å². The highest BCUT2D eigenvalue weighted by Gasteiger charge is 2.40. The second kappa shape index (κ2) is 14.3. The average molecular weight is 721 g/mol. The van der Waals surface area contributed by atoms with Crippen LogP contribution in [-0.4, -0.2) is 67.1 Å². The van der Waals surface area contributed by atoms with Crippen LogP contribution in [0.4, 0.5) is 45.5 Å². The van der Waals surface area contributed by atoms with Gasteiger partial charge in [0.15, 0.2) is 5.82 Å². The molecule has 2 atom stereocenters. The van der Waals surface area contributed by atoms with Crippen molar-refractivity contribution < 1.29 is 44.0 Å². The molecule has 0 saturated carbocycles. The first kappa shape index (κ1) is 37.3. The minimum absolute atomic E-state index is 0.0179. The summed E-state index contributed by atoms with van der Waals surface area (Å²) in [6.07, 6.45) is -10.8. The number of hydrogen-bond donors (Lipinski definition) is 0. The highest BCUT2D eigenvalue weighted by atomic mass is 19.4. The quantitative estimate of drug-likeness (QED) is 0.196. The average Bonchev–Trinajstić information content (AvgIpc) is 3.71. The summed E-state index contributed by atoms with van der Waals surface area (Å²) < 4.78 is 130. The van der Waals surface area contributed by atoms with E-state index in [-0.39, 0.29) is 48.4 Å². The number of halogens is 9. The molecule has 0 N–H and O–H groups in total. The van der Waals surface area contributed by atoms with Gasteiger partial charge in [-0.15, -0.1) is 5.10 Å². The van der Waals surface area contributed by atoms with Crippen molar-refractivity contribution in [2.45, 2.75) is 89.4 Å². The van der Waals surface area contributed by atoms with Gasteiger partial charge in [0.25, 0.3) is 5.95 Å². The lowest BCUT2D eigenvalue weighted by atomic mass is 9.79. The normalized spacial score (nSPS) is 19.1. The number of aromatic nitrogens is 6. The van der Waals surface area contributed by atoms with E-state index in [0.717, 1.165) is 16.9 Å². The van der Waals surface area contributed by atoms with Gasteiger partial charge in [0.2, 0.25) is 5.89 Å². The third-order valence-electron chi connectivity index (χ3n) is 9.12. The molecule has 2 aromatic heterocycles. The van der Waals surface area contributed by atoms with Crippen LogP contribution in [0.2, 0.25) is 0 Å². The van der Waals surface area contributed by atoms with Crippen molar-refractivity contribution in [3.8, 4) is 0 Å². The molecule has 2 unspecified atom stereocenters. The monoisotopic (exact) mass is 720 g/mol. The molecule has 0 radical (unpaired) electrons. The Labute approximate surface area is 282 Å². The molecule has 0 amide bonds. The van der Waals surface area contributed by atoms with E-state index in [9.17, 15) is 39.5 Å². The molecular formula is C32H37F9N8O. The molecule has 5 rings (SSSR count). The third-order valence-corrected chi connectivity index (χ3v) is 9.12. The first-order valence-corrected chi connectivity index (χ1v) is 16.2. The third kappa shape index (κ3) is 8.66. The van der Waals surface area contributed by atoms with Crippen LogP contribution >= 0.6 is 0 Å². The second-order valence-electron chi connectivity index (χ2n) is 13.0. The molecule has 9 nitrogen and oxygen atoms in total. The largest absolute Gasteiger partial charge is 0.416 e. The first-order chi connectivity index (χ1) is 23.3. The molecule has 1 fully saturated rings. The number of tetrazole rings is 1. The van der Waals surface area contributed by atoms with E-state index in [4.69, 9.17) is 4.52 Å². The fraction of sp³-hybridized carbons (Fsp3) is 0.594. The van der Waals surface area contributed by atoms with Gasteiger partial charge in [-0.25, -0.2) is 0 Å². The van der Waals surface area contributed by atoms with Crippen molar-refractivity contribution in [2.75, 3.05) is 24.5 Å². The molecular weight excluding hydrogens is 683 g/mol. The number of rotatable bonds is 10. The molecule has 1 saturated heterocycles. The maximum Gasteiger partial charge on any atom is 0.416 e. The van der Waals surface area contributed by atoms with Gasteiger partial charge in [0, 0.05) is 36.9 Å². The van der Waals surface area contributed by atoms with E-state index >= 15 is 0 Å². The van der Waals surface area contributed by atoms with Crippen molar-refractivity contribution >= 4 is 5.95 Å². The summed E-state index contributed by atoms with van der Waals surface area (Å²) in [7, 11) is 1.41. The van der Waals surface area contributed by atoms with Crippen LogP contribution in [-0.2, 0) is 25.9 Å². The fourth-order valence-corrected chi connectivity index (χ4v) is 6.61. The van der Waals surface area contributed by atoms with Crippen LogP contribution in [0, 0.1) is 5.92 Å². The zero-order valence-corrected chi connectivity index (χ0v) is 27.7. The predicted molar refractivity (Wildman–Crippen MR) is 163 cm³/mol. The maximum absolute atomic E-state index is 14.1. The summed E-state index contributed by atoms with van der Waals surface area (Å²) >= 11 is 0. The van der Waals surface area contributed by atoms with E-state index in [2.05, 4.69) is 30.5 Å². The Morgan fingerprint density at radius 3 is 2.06 bits per heavy atom. The summed E-state index contributed by atoms with van der Waals surface area (Å²) in [5.74, 6) is 0.641. The molecule has 274 valence electrons. The van der Waals surface area contributed by atoms with Crippen molar-refractivity contribution in [2.24, 2.45) is 13.0 Å². The lowest BCUT2D eigenvalue weighted by molar-refractivity contribution is -0.143. The number of hydrogen-bond acceptors (Lipinski definition) is 8. The molecule has 1 aliphatic carbocycles. The molecule has 2 aliphatic rings. The summed E-state index contributed by atoms with van der Waals surface area (Å²) in [5.41, 5.74) is -4.00. The second-order valence-corrected chi connectivity index (χ2v) is 13.0. The van der Waals surface area contributed by atoms with Gasteiger partial charge in [-0.3, -0.25) is 4.90 Å². The predicted octanol–water partition coefficient (Wildman–Crippen LogP) is 7.85. The van der Waals surface area contributed by atoms with Gasteiger partial charge < -0.3 is 9.42 Å². The Kier molecular flexibility index (Phi) is 10.7. The first-order valence-electron chi connectivity index (χ1n) is 16.2. The van der Waals surface area contributed by atoms with Crippen LogP contribution in [0.5, 0.6) is 0 Å². The van der Waals surface area contributed by atoms with Crippen molar-refractivity contribution in [1.82, 2.24) is 35.2 Å². The minimum Gasteiger partial charge on any atom is -0.339 e.